The third-order valence-corrected chi connectivity index (χ3v) is 5.78. The number of fused-ring (bicyclic) bond motifs is 1. The molecule has 2 aliphatic heterocycles. The smallest absolute Gasteiger partial charge is 0.220 e. The minimum Gasteiger partial charge on any atom is -0.356 e. The summed E-state index contributed by atoms with van der Waals surface area (Å²) in [4.78, 5) is 14.8. The predicted molar refractivity (Wildman–Crippen MR) is 97.8 cm³/mol. The molecule has 3 rings (SSSR count). The second-order valence-electron chi connectivity index (χ2n) is 7.54. The number of carbonyl (C=O) groups is 1. The molecule has 134 valence electrons. The van der Waals surface area contributed by atoms with E-state index in [0.717, 1.165) is 38.4 Å². The zero-order valence-electron chi connectivity index (χ0n) is 15.0. The minimum atomic E-state index is 0.254. The molecule has 2 aliphatic rings. The van der Waals surface area contributed by atoms with E-state index < -0.39 is 0 Å². The number of amides is 1. The molecule has 24 heavy (non-hydrogen) atoms. The number of hydrogen-bond donors (Lipinski definition) is 1. The van der Waals surface area contributed by atoms with E-state index in [1.54, 1.807) is 0 Å². The molecule has 2 fully saturated rings. The van der Waals surface area contributed by atoms with Crippen molar-refractivity contribution in [2.45, 2.75) is 70.4 Å². The average Bonchev–Trinajstić information content (AvgIpc) is 3.13. The Balaban J connectivity index is 1.27. The normalized spacial score (nSPS) is 24.5. The van der Waals surface area contributed by atoms with E-state index in [1.807, 2.05) is 0 Å². The topological polar surface area (TPSA) is 37.3 Å². The Bertz CT molecular complexity index is 483. The highest BCUT2D eigenvalue weighted by Gasteiger charge is 2.32. The number of unbranched alkanes of at least 4 members (excludes halogenated alkanes) is 2. The zero-order chi connectivity index (χ0) is 16.6. The first kappa shape index (κ1) is 17.5. The fraction of sp³-hybridized carbons (Fsp3) is 0.750. The summed E-state index contributed by atoms with van der Waals surface area (Å²) < 4.78 is 2.21. The molecule has 1 N–H and O–H groups in total. The summed E-state index contributed by atoms with van der Waals surface area (Å²) in [5.41, 5.74) is 0. The van der Waals surface area contributed by atoms with Crippen LogP contribution in [0.15, 0.2) is 24.5 Å². The van der Waals surface area contributed by atoms with Crippen LogP contribution in [0.25, 0.3) is 0 Å². The molecule has 1 aromatic rings. The number of carbonyl (C=O) groups excluding carboxylic acids is 1. The van der Waals surface area contributed by atoms with Crippen LogP contribution in [0.5, 0.6) is 0 Å². The summed E-state index contributed by atoms with van der Waals surface area (Å²) >= 11 is 0. The summed E-state index contributed by atoms with van der Waals surface area (Å²) in [7, 11) is 0. The second-order valence-corrected chi connectivity index (χ2v) is 7.54. The molecule has 2 atom stereocenters. The first-order valence-corrected chi connectivity index (χ1v) is 9.94. The molecule has 2 saturated heterocycles. The molecular formula is C20H33N3O. The van der Waals surface area contributed by atoms with Gasteiger partial charge in [0.2, 0.25) is 5.91 Å². The quantitative estimate of drug-likeness (QED) is 0.741. The summed E-state index contributed by atoms with van der Waals surface area (Å²) in [6.45, 7) is 4.50. The molecule has 0 aliphatic carbocycles. The zero-order valence-corrected chi connectivity index (χ0v) is 15.0. The molecule has 0 unspecified atom stereocenters. The number of aryl methyl sites for hydroxylation is 1. The van der Waals surface area contributed by atoms with E-state index in [2.05, 4.69) is 39.3 Å². The Labute approximate surface area is 146 Å². The Morgan fingerprint density at radius 3 is 2.71 bits per heavy atom. The maximum Gasteiger partial charge on any atom is 0.220 e. The van der Waals surface area contributed by atoms with Crippen LogP contribution in [-0.4, -0.2) is 41.1 Å². The number of nitrogens with one attached hydrogen (secondary N) is 1. The van der Waals surface area contributed by atoms with Crippen molar-refractivity contribution in [2.24, 2.45) is 5.92 Å². The highest BCUT2D eigenvalue weighted by Crippen LogP contribution is 2.30. The number of piperidine rings is 2. The van der Waals surface area contributed by atoms with E-state index in [4.69, 9.17) is 0 Å². The molecule has 0 radical (unpaired) electrons. The van der Waals surface area contributed by atoms with Gasteiger partial charge in [0.1, 0.15) is 0 Å². The van der Waals surface area contributed by atoms with E-state index in [1.165, 1.54) is 45.2 Å². The van der Waals surface area contributed by atoms with Crippen molar-refractivity contribution in [3.05, 3.63) is 24.5 Å². The first-order chi connectivity index (χ1) is 11.8. The fourth-order valence-corrected chi connectivity index (χ4v) is 4.42. The molecule has 4 nitrogen and oxygen atoms in total. The maximum atomic E-state index is 12.1. The highest BCUT2D eigenvalue weighted by atomic mass is 16.1. The molecule has 0 aromatic carbocycles. The van der Waals surface area contributed by atoms with Crippen molar-refractivity contribution in [2.75, 3.05) is 19.6 Å². The number of aromatic nitrogens is 1. The summed E-state index contributed by atoms with van der Waals surface area (Å²) in [6.07, 6.45) is 14.8. The molecular weight excluding hydrogens is 298 g/mol. The van der Waals surface area contributed by atoms with Crippen LogP contribution < -0.4 is 5.32 Å². The Kier molecular flexibility index (Phi) is 6.76. The van der Waals surface area contributed by atoms with Crippen LogP contribution in [0, 0.1) is 5.92 Å². The fourth-order valence-electron chi connectivity index (χ4n) is 4.42. The van der Waals surface area contributed by atoms with E-state index in [0.29, 0.717) is 12.3 Å². The van der Waals surface area contributed by atoms with Crippen LogP contribution in [0.4, 0.5) is 0 Å². The van der Waals surface area contributed by atoms with Gasteiger partial charge in [-0.3, -0.25) is 4.79 Å². The lowest BCUT2D eigenvalue weighted by Crippen LogP contribution is -2.50. The molecule has 4 heteroatoms. The first-order valence-electron chi connectivity index (χ1n) is 9.94. The van der Waals surface area contributed by atoms with Crippen molar-refractivity contribution in [3.63, 3.8) is 0 Å². The maximum absolute atomic E-state index is 12.1. The predicted octanol–water partition coefficient (Wildman–Crippen LogP) is 3.43. The number of hydrogen-bond acceptors (Lipinski definition) is 2. The molecule has 1 amide bonds. The van der Waals surface area contributed by atoms with Gasteiger partial charge in [-0.25, -0.2) is 0 Å². The standard InChI is InChI=1S/C20H33N3O/c24-20(11-2-1-4-12-22-13-6-7-14-22)21-17-18-9-8-16-23-15-5-3-10-19(18)23/h6-7,13-14,18-19H,1-5,8-12,15-17H2,(H,21,24)/t18-,19+/m0/s1. The Morgan fingerprint density at radius 2 is 1.83 bits per heavy atom. The van der Waals surface area contributed by atoms with E-state index >= 15 is 0 Å². The van der Waals surface area contributed by atoms with Gasteiger partial charge < -0.3 is 14.8 Å². The Morgan fingerprint density at radius 1 is 1.00 bits per heavy atom. The third kappa shape index (κ3) is 5.10. The van der Waals surface area contributed by atoms with Crippen molar-refractivity contribution in [1.29, 1.82) is 0 Å². The lowest BCUT2D eigenvalue weighted by Gasteiger charge is -2.44. The van der Waals surface area contributed by atoms with Crippen LogP contribution in [-0.2, 0) is 11.3 Å². The SMILES string of the molecule is O=C(CCCCCn1cccc1)NC[C@@H]1CCCN2CCCC[C@H]12. The molecule has 0 spiro atoms. The van der Waals surface area contributed by atoms with Crippen LogP contribution >= 0.6 is 0 Å². The van der Waals surface area contributed by atoms with Gasteiger partial charge in [-0.1, -0.05) is 12.8 Å². The minimum absolute atomic E-state index is 0.254. The third-order valence-electron chi connectivity index (χ3n) is 5.78. The molecule has 1 aromatic heterocycles. The summed E-state index contributed by atoms with van der Waals surface area (Å²) in [6, 6.07) is 4.85. The highest BCUT2D eigenvalue weighted by molar-refractivity contribution is 5.75. The van der Waals surface area contributed by atoms with Gasteiger partial charge in [-0.15, -0.1) is 0 Å². The van der Waals surface area contributed by atoms with Crippen molar-refractivity contribution in [1.82, 2.24) is 14.8 Å². The van der Waals surface area contributed by atoms with Gasteiger partial charge in [-0.05, 0) is 69.7 Å². The second kappa shape index (κ2) is 9.26. The van der Waals surface area contributed by atoms with Gasteiger partial charge in [0.15, 0.2) is 0 Å². The molecule has 0 bridgehead atoms. The lowest BCUT2D eigenvalue weighted by molar-refractivity contribution is -0.121. The van der Waals surface area contributed by atoms with Gasteiger partial charge >= 0.3 is 0 Å². The van der Waals surface area contributed by atoms with E-state index in [9.17, 15) is 4.79 Å². The molecule has 3 heterocycles. The summed E-state index contributed by atoms with van der Waals surface area (Å²) in [5, 5.41) is 3.22. The van der Waals surface area contributed by atoms with Crippen LogP contribution in [0.2, 0.25) is 0 Å². The van der Waals surface area contributed by atoms with Gasteiger partial charge in [0, 0.05) is 37.9 Å². The van der Waals surface area contributed by atoms with E-state index in [-0.39, 0.29) is 5.91 Å². The summed E-state index contributed by atoms with van der Waals surface area (Å²) in [5.74, 6) is 0.931. The largest absolute Gasteiger partial charge is 0.356 e. The number of nitrogens with zero attached hydrogens (tertiary/aromatic N) is 2. The van der Waals surface area contributed by atoms with Crippen molar-refractivity contribution < 1.29 is 4.79 Å². The monoisotopic (exact) mass is 331 g/mol. The van der Waals surface area contributed by atoms with Crippen LogP contribution in [0.3, 0.4) is 0 Å². The van der Waals surface area contributed by atoms with Crippen molar-refractivity contribution in [3.8, 4) is 0 Å². The lowest BCUT2D eigenvalue weighted by atomic mass is 9.83. The molecule has 0 saturated carbocycles. The van der Waals surface area contributed by atoms with Gasteiger partial charge in [0.05, 0.1) is 0 Å². The van der Waals surface area contributed by atoms with Gasteiger partial charge in [0.25, 0.3) is 0 Å². The van der Waals surface area contributed by atoms with Crippen molar-refractivity contribution >= 4 is 5.91 Å². The average molecular weight is 332 g/mol. The Hall–Kier alpha value is -1.29. The van der Waals surface area contributed by atoms with Crippen LogP contribution in [0.1, 0.15) is 57.8 Å². The number of rotatable bonds is 8. The van der Waals surface area contributed by atoms with Gasteiger partial charge in [-0.2, -0.15) is 0 Å².